The number of ether oxygens (including phenoxy) is 2. The third-order valence-corrected chi connectivity index (χ3v) is 4.32. The molecule has 0 fully saturated rings. The Bertz CT molecular complexity index is 864. The first-order chi connectivity index (χ1) is 15.5. The van der Waals surface area contributed by atoms with Gasteiger partial charge in [0.2, 0.25) is 0 Å². The van der Waals surface area contributed by atoms with Crippen LogP contribution in [-0.4, -0.2) is 29.3 Å². The van der Waals surface area contributed by atoms with Gasteiger partial charge in [0.1, 0.15) is 5.60 Å². The van der Waals surface area contributed by atoms with Crippen LogP contribution >= 0.6 is 0 Å². The Morgan fingerprint density at radius 2 is 1.73 bits per heavy atom. The van der Waals surface area contributed by atoms with E-state index in [-0.39, 0.29) is 18.1 Å². The number of nitrogens with zero attached hydrogens (tertiary/aromatic N) is 1. The molecule has 1 aromatic heterocycles. The van der Waals surface area contributed by atoms with Crippen LogP contribution < -0.4 is 5.32 Å². The van der Waals surface area contributed by atoms with Gasteiger partial charge in [-0.25, -0.2) is 13.6 Å². The average Bonchev–Trinajstić information content (AvgIpc) is 2.92. The molecule has 0 bridgehead atoms. The molecule has 8 heteroatoms. The molecule has 2 aromatic rings. The van der Waals surface area contributed by atoms with Crippen molar-refractivity contribution < 1.29 is 27.8 Å². The van der Waals surface area contributed by atoms with E-state index in [9.17, 15) is 18.4 Å². The number of aryl methyl sites for hydroxylation is 1. The quantitative estimate of drug-likeness (QED) is 0.442. The Morgan fingerprint density at radius 3 is 2.21 bits per heavy atom. The molecular formula is C25H34F2N2O4. The molecule has 1 amide bonds. The van der Waals surface area contributed by atoms with Gasteiger partial charge in [0.15, 0.2) is 11.6 Å². The van der Waals surface area contributed by atoms with Gasteiger partial charge in [-0.1, -0.05) is 24.6 Å². The maximum atomic E-state index is 11.9. The van der Waals surface area contributed by atoms with Gasteiger partial charge < -0.3 is 14.8 Å². The summed E-state index contributed by atoms with van der Waals surface area (Å²) in [5.41, 5.74) is 1.76. The second-order valence-corrected chi connectivity index (χ2v) is 8.32. The van der Waals surface area contributed by atoms with Gasteiger partial charge in [0.25, 0.3) is 0 Å². The second kappa shape index (κ2) is 14.2. The van der Waals surface area contributed by atoms with Gasteiger partial charge in [-0.15, -0.1) is 0 Å². The van der Waals surface area contributed by atoms with Crippen LogP contribution in [0.2, 0.25) is 0 Å². The predicted octanol–water partition coefficient (Wildman–Crippen LogP) is 5.91. The first-order valence-corrected chi connectivity index (χ1v) is 11.0. The summed E-state index contributed by atoms with van der Waals surface area (Å²) in [5.74, 6) is -1.81. The van der Waals surface area contributed by atoms with E-state index in [0.29, 0.717) is 6.61 Å². The zero-order valence-corrected chi connectivity index (χ0v) is 20.0. The molecule has 0 spiro atoms. The number of pyridine rings is 1. The molecule has 1 N–H and O–H groups in total. The zero-order valence-electron chi connectivity index (χ0n) is 20.0. The van der Waals surface area contributed by atoms with Gasteiger partial charge in [0.05, 0.1) is 12.6 Å². The van der Waals surface area contributed by atoms with Gasteiger partial charge in [-0.2, -0.15) is 0 Å². The highest BCUT2D eigenvalue weighted by molar-refractivity contribution is 5.68. The van der Waals surface area contributed by atoms with Crippen molar-refractivity contribution >= 4 is 12.1 Å². The lowest BCUT2D eigenvalue weighted by Gasteiger charge is -2.23. The van der Waals surface area contributed by atoms with Crippen molar-refractivity contribution in [3.63, 3.8) is 0 Å². The fraction of sp³-hybridized carbons (Fsp3) is 0.480. The van der Waals surface area contributed by atoms with Gasteiger partial charge in [-0.3, -0.25) is 9.78 Å². The SMILES string of the molecule is CC(C)(C)OC(=O)N[C@H]1CCCCc2ncccc21.CCOC(C)=O.Fc1ccccc1F. The Labute approximate surface area is 194 Å². The molecule has 0 unspecified atom stereocenters. The Kier molecular flexibility index (Phi) is 12.0. The Morgan fingerprint density at radius 1 is 1.09 bits per heavy atom. The summed E-state index contributed by atoms with van der Waals surface area (Å²) in [6.07, 6.45) is 5.61. The topological polar surface area (TPSA) is 77.5 Å². The van der Waals surface area contributed by atoms with Crippen LogP contribution in [0.3, 0.4) is 0 Å². The number of aromatic nitrogens is 1. The molecule has 1 aromatic carbocycles. The fourth-order valence-electron chi connectivity index (χ4n) is 3.02. The Balaban J connectivity index is 0.000000319. The summed E-state index contributed by atoms with van der Waals surface area (Å²) in [5, 5.41) is 2.97. The average molecular weight is 465 g/mol. The first kappa shape index (κ1) is 28.0. The van der Waals surface area contributed by atoms with Crippen molar-refractivity contribution in [2.24, 2.45) is 0 Å². The number of esters is 1. The van der Waals surface area contributed by atoms with Crippen LogP contribution in [0.4, 0.5) is 13.6 Å². The molecule has 33 heavy (non-hydrogen) atoms. The molecule has 182 valence electrons. The van der Waals surface area contributed by atoms with Crippen LogP contribution in [0.1, 0.15) is 71.2 Å². The summed E-state index contributed by atoms with van der Waals surface area (Å²) in [6.45, 7) is 9.26. The standard InChI is InChI=1S/C15H22N2O2.C6H4F2.C4H8O2/c1-15(2,3)19-14(18)17-13-9-5-4-8-12-11(13)7-6-10-16-12;7-5-3-1-2-4-6(5)8;1-3-6-4(2)5/h6-7,10,13H,4-5,8-9H2,1-3H3,(H,17,18);1-4H;3H2,1-2H3/t13-;;/m0../s1. The van der Waals surface area contributed by atoms with E-state index in [0.717, 1.165) is 49.1 Å². The highest BCUT2D eigenvalue weighted by Gasteiger charge is 2.23. The highest BCUT2D eigenvalue weighted by atomic mass is 19.2. The number of nitrogens with one attached hydrogen (secondary N) is 1. The van der Waals surface area contributed by atoms with E-state index in [2.05, 4.69) is 21.1 Å². The predicted molar refractivity (Wildman–Crippen MR) is 123 cm³/mol. The molecule has 1 atom stereocenters. The van der Waals surface area contributed by atoms with Crippen molar-refractivity contribution in [3.8, 4) is 0 Å². The number of benzene rings is 1. The summed E-state index contributed by atoms with van der Waals surface area (Å²) in [6, 6.07) is 9.03. The maximum absolute atomic E-state index is 11.9. The number of rotatable bonds is 2. The van der Waals surface area contributed by atoms with Crippen molar-refractivity contribution in [3.05, 3.63) is 65.5 Å². The molecule has 0 aliphatic heterocycles. The number of hydrogen-bond acceptors (Lipinski definition) is 5. The highest BCUT2D eigenvalue weighted by Crippen LogP contribution is 2.27. The minimum absolute atomic E-state index is 0.0149. The third-order valence-electron chi connectivity index (χ3n) is 4.32. The minimum Gasteiger partial charge on any atom is -0.466 e. The summed E-state index contributed by atoms with van der Waals surface area (Å²) >= 11 is 0. The summed E-state index contributed by atoms with van der Waals surface area (Å²) < 4.78 is 33.6. The van der Waals surface area contributed by atoms with Crippen molar-refractivity contribution in [1.82, 2.24) is 10.3 Å². The molecule has 0 radical (unpaired) electrons. The third kappa shape index (κ3) is 12.0. The van der Waals surface area contributed by atoms with E-state index >= 15 is 0 Å². The van der Waals surface area contributed by atoms with Crippen molar-refractivity contribution in [2.45, 2.75) is 71.9 Å². The minimum atomic E-state index is -0.799. The molecular weight excluding hydrogens is 430 g/mol. The molecule has 1 aliphatic carbocycles. The number of carbonyl (C=O) groups excluding carboxylic acids is 2. The normalized spacial score (nSPS) is 14.7. The molecule has 6 nitrogen and oxygen atoms in total. The number of carbonyl (C=O) groups is 2. The van der Waals surface area contributed by atoms with Crippen LogP contribution in [0.15, 0.2) is 42.6 Å². The number of fused-ring (bicyclic) bond motifs is 1. The largest absolute Gasteiger partial charge is 0.466 e. The number of halogens is 2. The second-order valence-electron chi connectivity index (χ2n) is 8.32. The summed E-state index contributed by atoms with van der Waals surface area (Å²) in [4.78, 5) is 26.1. The zero-order chi connectivity index (χ0) is 24.9. The van der Waals surface area contributed by atoms with Crippen molar-refractivity contribution in [2.75, 3.05) is 6.61 Å². The van der Waals surface area contributed by atoms with E-state index in [4.69, 9.17) is 4.74 Å². The van der Waals surface area contributed by atoms with Gasteiger partial charge >= 0.3 is 12.1 Å². The molecule has 1 heterocycles. The molecule has 0 saturated heterocycles. The molecule has 0 saturated carbocycles. The smallest absolute Gasteiger partial charge is 0.408 e. The monoisotopic (exact) mass is 464 g/mol. The maximum Gasteiger partial charge on any atom is 0.408 e. The van der Waals surface area contributed by atoms with E-state index in [1.165, 1.54) is 19.1 Å². The fourth-order valence-corrected chi connectivity index (χ4v) is 3.02. The number of alkyl carbamates (subject to hydrolysis) is 1. The number of hydrogen-bond donors (Lipinski definition) is 1. The van der Waals surface area contributed by atoms with Crippen LogP contribution in [-0.2, 0) is 20.7 Å². The lowest BCUT2D eigenvalue weighted by atomic mass is 10.0. The van der Waals surface area contributed by atoms with Gasteiger partial charge in [0, 0.05) is 18.8 Å². The Hall–Kier alpha value is -3.03. The first-order valence-electron chi connectivity index (χ1n) is 11.0. The summed E-state index contributed by atoms with van der Waals surface area (Å²) in [7, 11) is 0. The van der Waals surface area contributed by atoms with E-state index in [1.807, 2.05) is 33.0 Å². The van der Waals surface area contributed by atoms with E-state index < -0.39 is 17.2 Å². The van der Waals surface area contributed by atoms with Crippen molar-refractivity contribution in [1.29, 1.82) is 0 Å². The lowest BCUT2D eigenvalue weighted by Crippen LogP contribution is -2.35. The lowest BCUT2D eigenvalue weighted by molar-refractivity contribution is -0.140. The van der Waals surface area contributed by atoms with E-state index in [1.54, 1.807) is 6.92 Å². The van der Waals surface area contributed by atoms with Crippen LogP contribution in [0, 0.1) is 11.6 Å². The van der Waals surface area contributed by atoms with Gasteiger partial charge in [-0.05, 0) is 70.7 Å². The molecule has 1 aliphatic rings. The van der Waals surface area contributed by atoms with Crippen LogP contribution in [0.25, 0.3) is 0 Å². The van der Waals surface area contributed by atoms with Crippen LogP contribution in [0.5, 0.6) is 0 Å². The number of amides is 1. The molecule has 3 rings (SSSR count).